The van der Waals surface area contributed by atoms with Crippen LogP contribution >= 0.6 is 15.9 Å². The number of aryl methyl sites for hydroxylation is 6. The van der Waals surface area contributed by atoms with E-state index in [1.54, 1.807) is 0 Å². The number of hydrogen-bond donors (Lipinski definition) is 0. The van der Waals surface area contributed by atoms with Crippen LogP contribution in [0.3, 0.4) is 0 Å². The lowest BCUT2D eigenvalue weighted by Crippen LogP contribution is -2.07. The van der Waals surface area contributed by atoms with Crippen molar-refractivity contribution >= 4 is 32.6 Å². The Hall–Kier alpha value is -2.14. The van der Waals surface area contributed by atoms with Gasteiger partial charge in [-0.2, -0.15) is 9.61 Å². The monoisotopic (exact) mass is 466 g/mol. The average Bonchev–Trinajstić information content (AvgIpc) is 3.18. The van der Waals surface area contributed by atoms with Gasteiger partial charge in [0.2, 0.25) is 0 Å². The third kappa shape index (κ3) is 3.37. The first-order chi connectivity index (χ1) is 14.4. The quantitative estimate of drug-likeness (QED) is 0.303. The van der Waals surface area contributed by atoms with Crippen LogP contribution in [0, 0.1) is 27.7 Å². The number of hydrogen-bond acceptors (Lipinski definition) is 2. The van der Waals surface area contributed by atoms with E-state index in [9.17, 15) is 0 Å². The van der Waals surface area contributed by atoms with E-state index in [4.69, 9.17) is 10.1 Å². The van der Waals surface area contributed by atoms with Crippen LogP contribution in [0.25, 0.3) is 27.8 Å². The number of aromatic nitrogens is 4. The molecule has 0 radical (unpaired) electrons. The number of benzene rings is 1. The van der Waals surface area contributed by atoms with Crippen LogP contribution in [0.5, 0.6) is 0 Å². The Bertz CT molecular complexity index is 1220. The van der Waals surface area contributed by atoms with E-state index in [1.807, 2.05) is 0 Å². The molecule has 0 fully saturated rings. The molecule has 0 bridgehead atoms. The average molecular weight is 467 g/mol. The topological polar surface area (TPSA) is 35.1 Å². The molecular weight excluding hydrogens is 436 g/mol. The molecule has 3 heterocycles. The Morgan fingerprint density at radius 1 is 0.933 bits per heavy atom. The third-order valence-corrected chi connectivity index (χ3v) is 6.60. The van der Waals surface area contributed by atoms with Gasteiger partial charge in [0.05, 0.1) is 17.0 Å². The molecular formula is C25H31BrN4. The minimum atomic E-state index is 0.948. The smallest absolute Gasteiger partial charge is 0.165 e. The largest absolute Gasteiger partial charge is 0.329 e. The molecule has 30 heavy (non-hydrogen) atoms. The van der Waals surface area contributed by atoms with E-state index in [-0.39, 0.29) is 0 Å². The summed E-state index contributed by atoms with van der Waals surface area (Å²) in [7, 11) is 0. The summed E-state index contributed by atoms with van der Waals surface area (Å²) in [6, 6.07) is 6.75. The van der Waals surface area contributed by atoms with Crippen molar-refractivity contribution < 1.29 is 0 Å². The van der Waals surface area contributed by atoms with Gasteiger partial charge in [0.15, 0.2) is 5.65 Å². The summed E-state index contributed by atoms with van der Waals surface area (Å²) in [6.07, 6.45) is 4.56. The number of unbranched alkanes of at least 4 members (excludes halogenated alkanes) is 1. The second-order valence-corrected chi connectivity index (χ2v) is 9.31. The Labute approximate surface area is 187 Å². The normalized spacial score (nSPS) is 11.8. The highest BCUT2D eigenvalue weighted by Gasteiger charge is 2.22. The van der Waals surface area contributed by atoms with Gasteiger partial charge >= 0.3 is 0 Å². The fraction of sp³-hybridized carbons (Fsp3) is 0.440. The summed E-state index contributed by atoms with van der Waals surface area (Å²) < 4.78 is 5.68. The van der Waals surface area contributed by atoms with Crippen LogP contribution in [0.2, 0.25) is 0 Å². The molecule has 0 saturated heterocycles. The molecule has 0 aliphatic rings. The van der Waals surface area contributed by atoms with E-state index < -0.39 is 0 Å². The first-order valence-corrected chi connectivity index (χ1v) is 11.8. The Balaban J connectivity index is 2.09. The zero-order chi connectivity index (χ0) is 21.6. The van der Waals surface area contributed by atoms with Gasteiger partial charge < -0.3 is 4.57 Å². The van der Waals surface area contributed by atoms with Crippen molar-refractivity contribution in [3.63, 3.8) is 0 Å². The Kier molecular flexibility index (Phi) is 5.75. The van der Waals surface area contributed by atoms with Crippen LogP contribution in [0.15, 0.2) is 22.7 Å². The van der Waals surface area contributed by atoms with Crippen molar-refractivity contribution in [3.8, 4) is 11.1 Å². The number of fused-ring (bicyclic) bond motifs is 3. The summed E-state index contributed by atoms with van der Waals surface area (Å²) in [5.41, 5.74) is 10.4. The van der Waals surface area contributed by atoms with Crippen molar-refractivity contribution in [2.45, 2.75) is 73.8 Å². The van der Waals surface area contributed by atoms with Gasteiger partial charge in [-0.3, -0.25) is 0 Å². The number of nitrogens with zero attached hydrogens (tertiary/aromatic N) is 4. The van der Waals surface area contributed by atoms with Crippen LogP contribution in [0.1, 0.15) is 61.3 Å². The molecule has 0 spiro atoms. The summed E-state index contributed by atoms with van der Waals surface area (Å²) in [4.78, 5) is 5.07. The molecule has 4 nitrogen and oxygen atoms in total. The van der Waals surface area contributed by atoms with E-state index in [2.05, 4.69) is 84.8 Å². The van der Waals surface area contributed by atoms with Gasteiger partial charge in [0.25, 0.3) is 0 Å². The van der Waals surface area contributed by atoms with E-state index in [0.29, 0.717) is 0 Å². The van der Waals surface area contributed by atoms with Crippen molar-refractivity contribution in [1.82, 2.24) is 19.2 Å². The molecule has 0 aliphatic heterocycles. The first kappa shape index (κ1) is 21.1. The zero-order valence-corrected chi connectivity index (χ0v) is 20.5. The fourth-order valence-corrected chi connectivity index (χ4v) is 5.50. The van der Waals surface area contributed by atoms with Gasteiger partial charge in [-0.1, -0.05) is 48.7 Å². The van der Waals surface area contributed by atoms with E-state index in [0.717, 1.165) is 46.5 Å². The minimum Gasteiger partial charge on any atom is -0.329 e. The Morgan fingerprint density at radius 3 is 2.37 bits per heavy atom. The van der Waals surface area contributed by atoms with Crippen LogP contribution in [-0.2, 0) is 13.0 Å². The molecule has 4 aromatic rings. The summed E-state index contributed by atoms with van der Waals surface area (Å²) in [5.74, 6) is 0. The van der Waals surface area contributed by atoms with Crippen molar-refractivity contribution in [2.75, 3.05) is 0 Å². The van der Waals surface area contributed by atoms with Gasteiger partial charge in [0, 0.05) is 27.7 Å². The molecule has 0 aliphatic carbocycles. The molecule has 0 atom stereocenters. The fourth-order valence-electron chi connectivity index (χ4n) is 4.62. The summed E-state index contributed by atoms with van der Waals surface area (Å²) in [5, 5.41) is 6.24. The number of rotatable bonds is 6. The molecule has 0 saturated carbocycles. The van der Waals surface area contributed by atoms with Crippen molar-refractivity contribution in [3.05, 3.63) is 50.9 Å². The SMILES string of the molecule is CCCCn1c(CCC)cc2c(C)nc3c(-c4c(C)cc(C)cc4Br)c(C)nn3c21. The van der Waals surface area contributed by atoms with Gasteiger partial charge in [-0.25, -0.2) is 4.98 Å². The predicted octanol–water partition coefficient (Wildman–Crippen LogP) is 7.10. The highest BCUT2D eigenvalue weighted by atomic mass is 79.9. The maximum atomic E-state index is 5.07. The second-order valence-electron chi connectivity index (χ2n) is 8.46. The Morgan fingerprint density at radius 2 is 1.70 bits per heavy atom. The molecule has 0 unspecified atom stereocenters. The maximum Gasteiger partial charge on any atom is 0.165 e. The predicted molar refractivity (Wildman–Crippen MR) is 129 cm³/mol. The van der Waals surface area contributed by atoms with Crippen LogP contribution < -0.4 is 0 Å². The molecule has 4 rings (SSSR count). The van der Waals surface area contributed by atoms with Crippen LogP contribution in [-0.4, -0.2) is 19.2 Å². The molecule has 0 amide bonds. The zero-order valence-electron chi connectivity index (χ0n) is 18.9. The summed E-state index contributed by atoms with van der Waals surface area (Å²) in [6.45, 7) is 14.1. The highest BCUT2D eigenvalue weighted by molar-refractivity contribution is 9.10. The molecule has 0 N–H and O–H groups in total. The van der Waals surface area contributed by atoms with Crippen molar-refractivity contribution in [2.24, 2.45) is 0 Å². The van der Waals surface area contributed by atoms with Crippen LogP contribution in [0.4, 0.5) is 0 Å². The minimum absolute atomic E-state index is 0.948. The number of halogens is 1. The van der Waals surface area contributed by atoms with Gasteiger partial charge in [-0.05, 0) is 63.8 Å². The lowest BCUT2D eigenvalue weighted by Gasteiger charge is -2.12. The van der Waals surface area contributed by atoms with Gasteiger partial charge in [0.1, 0.15) is 5.65 Å². The second kappa shape index (κ2) is 8.18. The van der Waals surface area contributed by atoms with E-state index >= 15 is 0 Å². The first-order valence-electron chi connectivity index (χ1n) is 11.0. The molecule has 1 aromatic carbocycles. The lowest BCUT2D eigenvalue weighted by molar-refractivity contribution is 0.612. The lowest BCUT2D eigenvalue weighted by atomic mass is 9.99. The maximum absolute atomic E-state index is 5.07. The van der Waals surface area contributed by atoms with E-state index in [1.165, 1.54) is 46.3 Å². The summed E-state index contributed by atoms with van der Waals surface area (Å²) >= 11 is 3.81. The molecule has 5 heteroatoms. The third-order valence-electron chi connectivity index (χ3n) is 5.98. The molecule has 3 aromatic heterocycles. The van der Waals surface area contributed by atoms with Crippen molar-refractivity contribution in [1.29, 1.82) is 0 Å². The van der Waals surface area contributed by atoms with Gasteiger partial charge in [-0.15, -0.1) is 0 Å². The standard InChI is InChI=1S/C25H31BrN4/c1-7-9-11-29-19(10-8-2)14-20-17(5)27-24-23(18(6)28-30(24)25(20)29)22-16(4)12-15(3)13-21(22)26/h12-14H,7-11H2,1-6H3. The molecule has 158 valence electrons. The highest BCUT2D eigenvalue weighted by Crippen LogP contribution is 2.38.